The third-order valence-electron chi connectivity index (χ3n) is 4.01. The van der Waals surface area contributed by atoms with Gasteiger partial charge in [0.05, 0.1) is 17.2 Å². The number of carbonyl (C=O) groups excluding carboxylic acids is 2. The number of piperazine rings is 1. The fourth-order valence-corrected chi connectivity index (χ4v) is 3.19. The second-order valence-corrected chi connectivity index (χ2v) is 6.30. The monoisotopic (exact) mass is 342 g/mol. The molecule has 1 saturated heterocycles. The van der Waals surface area contributed by atoms with Crippen LogP contribution in [0.1, 0.15) is 23.2 Å². The summed E-state index contributed by atoms with van der Waals surface area (Å²) >= 11 is 12.2. The molecule has 3 rings (SSSR count). The summed E-state index contributed by atoms with van der Waals surface area (Å²) in [6.45, 7) is 1.13. The van der Waals surface area contributed by atoms with Gasteiger partial charge in [0.2, 0.25) is 5.91 Å². The molecule has 1 aromatic carbocycles. The fraction of sp³-hybridized carbons (Fsp3) is 0.467. The van der Waals surface area contributed by atoms with Crippen molar-refractivity contribution in [1.29, 1.82) is 0 Å². The molecule has 0 aromatic heterocycles. The summed E-state index contributed by atoms with van der Waals surface area (Å²) in [7, 11) is 1.44. The zero-order chi connectivity index (χ0) is 15.9. The molecule has 0 spiro atoms. The van der Waals surface area contributed by atoms with Crippen molar-refractivity contribution in [2.75, 3.05) is 26.7 Å². The fourth-order valence-electron chi connectivity index (χ4n) is 2.72. The van der Waals surface area contributed by atoms with Crippen molar-refractivity contribution in [1.82, 2.24) is 9.80 Å². The minimum atomic E-state index is -0.326. The van der Waals surface area contributed by atoms with Crippen molar-refractivity contribution in [3.05, 3.63) is 27.7 Å². The lowest BCUT2D eigenvalue weighted by molar-refractivity contribution is -0.135. The topological polar surface area (TPSA) is 49.9 Å². The molecular weight excluding hydrogens is 327 g/mol. The molecule has 0 bridgehead atoms. The number of halogens is 2. The van der Waals surface area contributed by atoms with Crippen LogP contribution in [0.25, 0.3) is 0 Å². The van der Waals surface area contributed by atoms with Gasteiger partial charge in [0, 0.05) is 19.1 Å². The van der Waals surface area contributed by atoms with E-state index in [2.05, 4.69) is 0 Å². The number of amides is 2. The van der Waals surface area contributed by atoms with Gasteiger partial charge in [-0.25, -0.2) is 0 Å². The van der Waals surface area contributed by atoms with Gasteiger partial charge in [0.25, 0.3) is 5.91 Å². The third-order valence-corrected chi connectivity index (χ3v) is 4.62. The lowest BCUT2D eigenvalue weighted by Gasteiger charge is -2.34. The first kappa shape index (κ1) is 15.4. The van der Waals surface area contributed by atoms with E-state index in [9.17, 15) is 9.59 Å². The highest BCUT2D eigenvalue weighted by Gasteiger charge is 2.37. The molecule has 7 heteroatoms. The molecular formula is C15H16Cl2N2O3. The van der Waals surface area contributed by atoms with Gasteiger partial charge < -0.3 is 14.5 Å². The Kier molecular flexibility index (Phi) is 4.19. The SMILES string of the molecule is COc1c(Cl)ccc(Cl)c1C(=O)N1CCN(C2CC2)C(=O)C1. The van der Waals surface area contributed by atoms with Crippen LogP contribution in [0.3, 0.4) is 0 Å². The van der Waals surface area contributed by atoms with Crippen LogP contribution in [0.5, 0.6) is 5.75 Å². The molecule has 2 fully saturated rings. The number of ether oxygens (including phenoxy) is 1. The predicted molar refractivity (Wildman–Crippen MR) is 83.7 cm³/mol. The molecule has 0 radical (unpaired) electrons. The normalized spacial score (nSPS) is 18.6. The predicted octanol–water partition coefficient (Wildman–Crippen LogP) is 2.45. The zero-order valence-corrected chi connectivity index (χ0v) is 13.7. The van der Waals surface area contributed by atoms with E-state index in [0.717, 1.165) is 12.8 Å². The van der Waals surface area contributed by atoms with E-state index >= 15 is 0 Å². The van der Waals surface area contributed by atoms with Crippen molar-refractivity contribution in [3.8, 4) is 5.75 Å². The standard InChI is InChI=1S/C15H16Cl2N2O3/c1-22-14-11(17)5-4-10(16)13(14)15(21)18-6-7-19(9-2-3-9)12(20)8-18/h4-5,9H,2-3,6-8H2,1H3. The summed E-state index contributed by atoms with van der Waals surface area (Å²) in [5.74, 6) is -0.0939. The van der Waals surface area contributed by atoms with Crippen LogP contribution in [0, 0.1) is 0 Å². The first-order valence-corrected chi connectivity index (χ1v) is 7.89. The Hall–Kier alpha value is -1.46. The van der Waals surface area contributed by atoms with Gasteiger partial charge in [0.15, 0.2) is 5.75 Å². The van der Waals surface area contributed by atoms with E-state index in [0.29, 0.717) is 24.2 Å². The van der Waals surface area contributed by atoms with Gasteiger partial charge in [0.1, 0.15) is 12.1 Å². The van der Waals surface area contributed by atoms with Crippen LogP contribution in [-0.2, 0) is 4.79 Å². The highest BCUT2D eigenvalue weighted by molar-refractivity contribution is 6.37. The number of nitrogens with zero attached hydrogens (tertiary/aromatic N) is 2. The second-order valence-electron chi connectivity index (χ2n) is 5.48. The smallest absolute Gasteiger partial charge is 0.259 e. The van der Waals surface area contributed by atoms with Crippen LogP contribution >= 0.6 is 23.2 Å². The summed E-state index contributed by atoms with van der Waals surface area (Å²) in [4.78, 5) is 28.3. The zero-order valence-electron chi connectivity index (χ0n) is 12.1. The van der Waals surface area contributed by atoms with E-state index in [-0.39, 0.29) is 34.7 Å². The van der Waals surface area contributed by atoms with E-state index in [1.807, 2.05) is 4.90 Å². The quantitative estimate of drug-likeness (QED) is 0.847. The molecule has 2 aliphatic rings. The molecule has 0 N–H and O–H groups in total. The van der Waals surface area contributed by atoms with Crippen LogP contribution < -0.4 is 4.74 Å². The van der Waals surface area contributed by atoms with Gasteiger partial charge in [-0.15, -0.1) is 0 Å². The van der Waals surface area contributed by atoms with E-state index in [1.165, 1.54) is 12.0 Å². The van der Waals surface area contributed by atoms with E-state index in [1.54, 1.807) is 12.1 Å². The summed E-state index contributed by atoms with van der Waals surface area (Å²) in [6.07, 6.45) is 2.13. The van der Waals surface area contributed by atoms with Crippen molar-refractivity contribution in [2.45, 2.75) is 18.9 Å². The van der Waals surface area contributed by atoms with Gasteiger partial charge in [-0.05, 0) is 25.0 Å². The largest absolute Gasteiger partial charge is 0.494 e. The Morgan fingerprint density at radius 3 is 2.50 bits per heavy atom. The van der Waals surface area contributed by atoms with Crippen LogP contribution in [0.15, 0.2) is 12.1 Å². The maximum absolute atomic E-state index is 12.7. The molecule has 0 atom stereocenters. The molecule has 1 saturated carbocycles. The Morgan fingerprint density at radius 2 is 1.91 bits per heavy atom. The number of benzene rings is 1. The second kappa shape index (κ2) is 5.97. The lowest BCUT2D eigenvalue weighted by Crippen LogP contribution is -2.53. The summed E-state index contributed by atoms with van der Waals surface area (Å²) in [5, 5.41) is 0.585. The van der Waals surface area contributed by atoms with Gasteiger partial charge >= 0.3 is 0 Å². The Morgan fingerprint density at radius 1 is 1.23 bits per heavy atom. The average molecular weight is 343 g/mol. The molecule has 0 unspecified atom stereocenters. The average Bonchev–Trinajstić information content (AvgIpc) is 3.33. The number of rotatable bonds is 3. The third kappa shape index (κ3) is 2.75. The molecule has 1 aromatic rings. The van der Waals surface area contributed by atoms with Gasteiger partial charge in [-0.1, -0.05) is 23.2 Å². The van der Waals surface area contributed by atoms with Crippen molar-refractivity contribution in [2.24, 2.45) is 0 Å². The van der Waals surface area contributed by atoms with Crippen molar-refractivity contribution < 1.29 is 14.3 Å². The number of carbonyl (C=O) groups is 2. The first-order valence-electron chi connectivity index (χ1n) is 7.13. The molecule has 5 nitrogen and oxygen atoms in total. The number of hydrogen-bond acceptors (Lipinski definition) is 3. The Balaban J connectivity index is 1.83. The highest BCUT2D eigenvalue weighted by Crippen LogP contribution is 2.35. The van der Waals surface area contributed by atoms with Crippen LogP contribution in [0.2, 0.25) is 10.0 Å². The molecule has 118 valence electrons. The van der Waals surface area contributed by atoms with Crippen LogP contribution in [0.4, 0.5) is 0 Å². The maximum atomic E-state index is 12.7. The first-order chi connectivity index (χ1) is 10.5. The van der Waals surface area contributed by atoms with Crippen molar-refractivity contribution >= 4 is 35.0 Å². The summed E-state index contributed by atoms with van der Waals surface area (Å²) in [5.41, 5.74) is 0.212. The number of hydrogen-bond donors (Lipinski definition) is 0. The van der Waals surface area contributed by atoms with Gasteiger partial charge in [-0.2, -0.15) is 0 Å². The number of methoxy groups -OCH3 is 1. The molecule has 1 aliphatic heterocycles. The molecule has 2 amide bonds. The maximum Gasteiger partial charge on any atom is 0.259 e. The van der Waals surface area contributed by atoms with Gasteiger partial charge in [-0.3, -0.25) is 9.59 Å². The Labute approximate surface area is 138 Å². The summed E-state index contributed by atoms with van der Waals surface area (Å²) < 4.78 is 5.21. The van der Waals surface area contributed by atoms with Crippen LogP contribution in [-0.4, -0.2) is 54.4 Å². The molecule has 1 aliphatic carbocycles. The molecule has 1 heterocycles. The lowest BCUT2D eigenvalue weighted by atomic mass is 10.1. The Bertz CT molecular complexity index is 631. The minimum Gasteiger partial charge on any atom is -0.494 e. The van der Waals surface area contributed by atoms with Crippen molar-refractivity contribution in [3.63, 3.8) is 0 Å². The highest BCUT2D eigenvalue weighted by atomic mass is 35.5. The molecule has 22 heavy (non-hydrogen) atoms. The minimum absolute atomic E-state index is 0.0146. The summed E-state index contributed by atoms with van der Waals surface area (Å²) in [6, 6.07) is 3.51. The van der Waals surface area contributed by atoms with E-state index < -0.39 is 0 Å². The van der Waals surface area contributed by atoms with E-state index in [4.69, 9.17) is 27.9 Å².